The van der Waals surface area contributed by atoms with E-state index in [0.717, 1.165) is 0 Å². The fourth-order valence-electron chi connectivity index (χ4n) is 2.18. The molecule has 2 saturated heterocycles. The van der Waals surface area contributed by atoms with Crippen LogP contribution in [0.2, 0.25) is 0 Å². The van der Waals surface area contributed by atoms with Gasteiger partial charge in [0, 0.05) is 0 Å². The highest BCUT2D eigenvalue weighted by molar-refractivity contribution is 7.84. The van der Waals surface area contributed by atoms with Gasteiger partial charge in [-0.15, -0.1) is 0 Å². The third kappa shape index (κ3) is 3.06. The van der Waals surface area contributed by atoms with Crippen molar-refractivity contribution >= 4 is 10.3 Å². The Hall–Kier alpha value is -0.330. The number of fused-ring (bicyclic) bond motifs is 1. The van der Waals surface area contributed by atoms with Crippen LogP contribution >= 0.6 is 0 Å². The van der Waals surface area contributed by atoms with Crippen LogP contribution in [-0.4, -0.2) is 61.7 Å². The molecule has 0 amide bonds. The second kappa shape index (κ2) is 4.60. The average molecular weight is 299 g/mol. The molecule has 0 bridgehead atoms. The number of rotatable bonds is 3. The van der Waals surface area contributed by atoms with Gasteiger partial charge in [0.05, 0.1) is 6.61 Å². The monoisotopic (exact) mass is 299 g/mol. The Kier molecular flexibility index (Phi) is 3.65. The number of hydrogen-bond acceptors (Lipinski definition) is 8. The van der Waals surface area contributed by atoms with Crippen LogP contribution in [0.5, 0.6) is 0 Å². The highest BCUT2D eigenvalue weighted by Gasteiger charge is 2.61. The van der Waals surface area contributed by atoms with Crippen molar-refractivity contribution in [3.63, 3.8) is 0 Å². The van der Waals surface area contributed by atoms with Gasteiger partial charge in [0.1, 0.15) is 24.9 Å². The normalized spacial score (nSPS) is 42.1. The molecule has 0 aliphatic carbocycles. The van der Waals surface area contributed by atoms with Gasteiger partial charge in [-0.3, -0.25) is 4.18 Å². The summed E-state index contributed by atoms with van der Waals surface area (Å²) >= 11 is 0. The van der Waals surface area contributed by atoms with Crippen LogP contribution in [0.1, 0.15) is 13.8 Å². The quantitative estimate of drug-likeness (QED) is 0.534. The van der Waals surface area contributed by atoms with E-state index in [-0.39, 0.29) is 6.61 Å². The zero-order valence-corrected chi connectivity index (χ0v) is 11.3. The Balaban J connectivity index is 2.23. The molecule has 0 aromatic rings. The minimum absolute atomic E-state index is 0.245. The molecule has 4 atom stereocenters. The molecule has 2 aliphatic heterocycles. The van der Waals surface area contributed by atoms with E-state index in [1.807, 2.05) is 0 Å². The molecule has 4 unspecified atom stereocenters. The van der Waals surface area contributed by atoms with Gasteiger partial charge in [-0.25, -0.2) is 5.14 Å². The largest absolute Gasteiger partial charge is 0.388 e. The predicted molar refractivity (Wildman–Crippen MR) is 59.8 cm³/mol. The first-order chi connectivity index (χ1) is 8.55. The molecule has 0 spiro atoms. The molecule has 19 heavy (non-hydrogen) atoms. The van der Waals surface area contributed by atoms with Crippen molar-refractivity contribution in [2.75, 3.05) is 13.2 Å². The topological polar surface area (TPSA) is 138 Å². The Bertz CT molecular complexity index is 451. The van der Waals surface area contributed by atoms with Crippen LogP contribution in [0.25, 0.3) is 0 Å². The van der Waals surface area contributed by atoms with Crippen LogP contribution in [0.3, 0.4) is 0 Å². The average Bonchev–Trinajstić information content (AvgIpc) is 2.53. The molecular formula is C9H17NO8S. The highest BCUT2D eigenvalue weighted by atomic mass is 32.2. The number of ether oxygens (including phenoxy) is 3. The van der Waals surface area contributed by atoms with Gasteiger partial charge in [0.15, 0.2) is 5.79 Å². The molecular weight excluding hydrogens is 282 g/mol. The lowest BCUT2D eigenvalue weighted by Gasteiger charge is -2.40. The first kappa shape index (κ1) is 15.1. The lowest BCUT2D eigenvalue weighted by Crippen LogP contribution is -2.61. The van der Waals surface area contributed by atoms with E-state index in [0.29, 0.717) is 0 Å². The molecule has 112 valence electrons. The molecule has 4 N–H and O–H groups in total. The number of hydrogen-bond donors (Lipinski definition) is 3. The summed E-state index contributed by atoms with van der Waals surface area (Å²) in [6, 6.07) is 0. The van der Waals surface area contributed by atoms with Crippen molar-refractivity contribution in [1.29, 1.82) is 0 Å². The van der Waals surface area contributed by atoms with Crippen molar-refractivity contribution in [3.05, 3.63) is 0 Å². The molecule has 0 aromatic carbocycles. The van der Waals surface area contributed by atoms with Gasteiger partial charge >= 0.3 is 10.3 Å². The zero-order chi connectivity index (χ0) is 14.5. The Morgan fingerprint density at radius 1 is 1.42 bits per heavy atom. The van der Waals surface area contributed by atoms with E-state index in [1.54, 1.807) is 13.8 Å². The van der Waals surface area contributed by atoms with Crippen molar-refractivity contribution in [1.82, 2.24) is 0 Å². The van der Waals surface area contributed by atoms with Gasteiger partial charge < -0.3 is 24.4 Å². The van der Waals surface area contributed by atoms with Crippen LogP contribution in [0.15, 0.2) is 0 Å². The lowest BCUT2D eigenvalue weighted by atomic mass is 9.98. The second-order valence-corrected chi connectivity index (χ2v) is 6.20. The third-order valence-corrected chi connectivity index (χ3v) is 3.34. The Morgan fingerprint density at radius 3 is 2.63 bits per heavy atom. The summed E-state index contributed by atoms with van der Waals surface area (Å²) < 4.78 is 42.4. The summed E-state index contributed by atoms with van der Waals surface area (Å²) in [5.41, 5.74) is 0. The lowest BCUT2D eigenvalue weighted by molar-refractivity contribution is -0.301. The smallest absolute Gasteiger partial charge is 0.333 e. The number of aliphatic hydroxyl groups is 2. The van der Waals surface area contributed by atoms with Crippen molar-refractivity contribution in [2.45, 2.75) is 43.7 Å². The molecule has 9 nitrogen and oxygen atoms in total. The SMILES string of the molecule is CC1(C)OC2C(O)C(O)COC2(COS(N)(=O)=O)O1. The summed E-state index contributed by atoms with van der Waals surface area (Å²) in [5.74, 6) is -2.76. The highest BCUT2D eigenvalue weighted by Crippen LogP contribution is 2.42. The number of nitrogens with two attached hydrogens (primary N) is 1. The maximum Gasteiger partial charge on any atom is 0.333 e. The molecule has 2 rings (SSSR count). The molecule has 0 radical (unpaired) electrons. The van der Waals surface area contributed by atoms with Crippen LogP contribution in [0.4, 0.5) is 0 Å². The maximum absolute atomic E-state index is 10.9. The summed E-state index contributed by atoms with van der Waals surface area (Å²) in [4.78, 5) is 0. The molecule has 0 aromatic heterocycles. The predicted octanol–water partition coefficient (Wildman–Crippen LogP) is -2.19. The van der Waals surface area contributed by atoms with Gasteiger partial charge in [-0.1, -0.05) is 0 Å². The Morgan fingerprint density at radius 2 is 2.05 bits per heavy atom. The van der Waals surface area contributed by atoms with Gasteiger partial charge in [-0.2, -0.15) is 8.42 Å². The summed E-state index contributed by atoms with van der Waals surface area (Å²) in [6.45, 7) is 2.30. The molecule has 10 heteroatoms. The van der Waals surface area contributed by atoms with E-state index in [4.69, 9.17) is 19.3 Å². The van der Waals surface area contributed by atoms with Crippen molar-refractivity contribution < 1.29 is 37.0 Å². The fraction of sp³-hybridized carbons (Fsp3) is 1.00. The van der Waals surface area contributed by atoms with Crippen LogP contribution in [0, 0.1) is 0 Å². The van der Waals surface area contributed by atoms with E-state index >= 15 is 0 Å². The minimum Gasteiger partial charge on any atom is -0.388 e. The van der Waals surface area contributed by atoms with E-state index in [1.165, 1.54) is 0 Å². The third-order valence-electron chi connectivity index (χ3n) is 2.89. The van der Waals surface area contributed by atoms with E-state index in [9.17, 15) is 18.6 Å². The summed E-state index contributed by atoms with van der Waals surface area (Å²) in [5, 5.41) is 24.2. The first-order valence-electron chi connectivity index (χ1n) is 5.60. The fourth-order valence-corrected chi connectivity index (χ4v) is 2.51. The minimum atomic E-state index is -4.20. The van der Waals surface area contributed by atoms with Crippen LogP contribution in [-0.2, 0) is 28.7 Å². The zero-order valence-electron chi connectivity index (χ0n) is 10.5. The van der Waals surface area contributed by atoms with E-state index < -0.39 is 46.8 Å². The van der Waals surface area contributed by atoms with Crippen molar-refractivity contribution in [3.8, 4) is 0 Å². The number of aliphatic hydroxyl groups excluding tert-OH is 2. The molecule has 2 heterocycles. The standard InChI is InChI=1S/C9H17NO8S/c1-8(2)17-7-6(12)5(11)3-15-9(7,18-8)4-16-19(10,13)14/h5-7,11-12H,3-4H2,1-2H3,(H2,10,13,14). The molecule has 2 aliphatic rings. The van der Waals surface area contributed by atoms with Gasteiger partial charge in [0.25, 0.3) is 0 Å². The Labute approximate surface area is 110 Å². The van der Waals surface area contributed by atoms with Crippen molar-refractivity contribution in [2.24, 2.45) is 5.14 Å². The summed E-state index contributed by atoms with van der Waals surface area (Å²) in [6.07, 6.45) is -3.54. The van der Waals surface area contributed by atoms with Gasteiger partial charge in [0.2, 0.25) is 5.79 Å². The maximum atomic E-state index is 10.9. The first-order valence-corrected chi connectivity index (χ1v) is 7.07. The van der Waals surface area contributed by atoms with Gasteiger partial charge in [-0.05, 0) is 13.8 Å². The van der Waals surface area contributed by atoms with Crippen LogP contribution < -0.4 is 5.14 Å². The summed E-state index contributed by atoms with van der Waals surface area (Å²) in [7, 11) is -4.20. The molecule has 0 saturated carbocycles. The molecule has 2 fully saturated rings. The van der Waals surface area contributed by atoms with E-state index in [2.05, 4.69) is 4.18 Å². The second-order valence-electron chi connectivity index (χ2n) is 4.98.